The van der Waals surface area contributed by atoms with E-state index in [4.69, 9.17) is 23.2 Å². The number of aliphatic hydroxyl groups excluding tert-OH is 1. The molecule has 0 fully saturated rings. The van der Waals surface area contributed by atoms with E-state index in [1.165, 1.54) is 17.2 Å². The Hall–Kier alpha value is -2.69. The molecule has 8 nitrogen and oxygen atoms in total. The van der Waals surface area contributed by atoms with Gasteiger partial charge in [0.2, 0.25) is 5.91 Å². The molecule has 0 bridgehead atoms. The first-order valence-electron chi connectivity index (χ1n) is 8.83. The number of hydrogen-bond donors (Lipinski definition) is 3. The Morgan fingerprint density at radius 3 is 2.73 bits per heavy atom. The normalized spacial score (nSPS) is 13.7. The highest BCUT2D eigenvalue weighted by Crippen LogP contribution is 2.46. The zero-order valence-corrected chi connectivity index (χ0v) is 16.8. The molecule has 0 spiro atoms. The third-order valence-electron chi connectivity index (χ3n) is 4.99. The number of amides is 2. The lowest BCUT2D eigenvalue weighted by Crippen LogP contribution is -2.39. The van der Waals surface area contributed by atoms with Crippen LogP contribution in [0, 0.1) is 0 Å². The van der Waals surface area contributed by atoms with Crippen LogP contribution in [-0.2, 0) is 22.7 Å². The number of anilines is 1. The van der Waals surface area contributed by atoms with Gasteiger partial charge in [0.05, 0.1) is 34.0 Å². The van der Waals surface area contributed by atoms with Crippen LogP contribution in [0.25, 0.3) is 22.0 Å². The molecule has 0 radical (unpaired) electrons. The minimum absolute atomic E-state index is 0.0721. The van der Waals surface area contributed by atoms with Crippen molar-refractivity contribution in [2.24, 2.45) is 0 Å². The number of carbonyl (C=O) groups excluding carboxylic acids is 2. The van der Waals surface area contributed by atoms with E-state index < -0.39 is 24.8 Å². The number of aliphatic hydroxyl groups is 1. The van der Waals surface area contributed by atoms with E-state index in [2.05, 4.69) is 15.5 Å². The average Bonchev–Trinajstić information content (AvgIpc) is 3.36. The summed E-state index contributed by atoms with van der Waals surface area (Å²) in [6.07, 6.45) is -0.0883. The zero-order chi connectivity index (χ0) is 21.6. The Kier molecular flexibility index (Phi) is 5.39. The smallest absolute Gasteiger partial charge is 0.315 e. The van der Waals surface area contributed by atoms with Gasteiger partial charge < -0.3 is 19.9 Å². The fourth-order valence-electron chi connectivity index (χ4n) is 3.72. The van der Waals surface area contributed by atoms with Crippen molar-refractivity contribution in [2.45, 2.75) is 19.5 Å². The minimum atomic E-state index is -3.22. The van der Waals surface area contributed by atoms with E-state index in [9.17, 15) is 23.5 Å². The molecule has 2 amide bonds. The van der Waals surface area contributed by atoms with Gasteiger partial charge in [-0.3, -0.25) is 14.7 Å². The lowest BCUT2D eigenvalue weighted by atomic mass is 10.0. The standard InChI is InChI=1S/C18H15Cl2F2N5O3/c19-9-3-10(25-18(30)17(21)22)14-13(8-4-23-24-5-8)11-6-26(12(29)7-28)1-2-27(11)16(14)15(9)20/h3-5,17,28H,1-2,6-7H2,(H,23,24)(H,25,30). The molecule has 3 heterocycles. The van der Waals surface area contributed by atoms with Crippen LogP contribution >= 0.6 is 23.2 Å². The van der Waals surface area contributed by atoms with Crippen molar-refractivity contribution >= 4 is 51.6 Å². The van der Waals surface area contributed by atoms with Gasteiger partial charge >= 0.3 is 6.43 Å². The van der Waals surface area contributed by atoms with Gasteiger partial charge in [0.15, 0.2) is 0 Å². The maximum atomic E-state index is 12.9. The summed E-state index contributed by atoms with van der Waals surface area (Å²) in [4.78, 5) is 25.3. The van der Waals surface area contributed by atoms with E-state index in [0.717, 1.165) is 0 Å². The molecule has 0 saturated heterocycles. The Balaban J connectivity index is 2.02. The van der Waals surface area contributed by atoms with Gasteiger partial charge in [-0.2, -0.15) is 13.9 Å². The number of hydrogen-bond acceptors (Lipinski definition) is 4. The van der Waals surface area contributed by atoms with Crippen LogP contribution in [0.1, 0.15) is 5.69 Å². The Labute approximate surface area is 178 Å². The lowest BCUT2D eigenvalue weighted by Gasteiger charge is -2.29. The number of benzene rings is 1. The summed E-state index contributed by atoms with van der Waals surface area (Å²) < 4.78 is 27.7. The molecule has 4 rings (SSSR count). The number of fused-ring (bicyclic) bond motifs is 3. The second-order valence-electron chi connectivity index (χ2n) is 6.67. The molecule has 158 valence electrons. The van der Waals surface area contributed by atoms with E-state index >= 15 is 0 Å². The van der Waals surface area contributed by atoms with Gasteiger partial charge in [0.1, 0.15) is 6.61 Å². The monoisotopic (exact) mass is 457 g/mol. The summed E-state index contributed by atoms with van der Waals surface area (Å²) in [6.45, 7) is 0.147. The van der Waals surface area contributed by atoms with Gasteiger partial charge in [-0.25, -0.2) is 0 Å². The second kappa shape index (κ2) is 7.86. The number of H-pyrrole nitrogens is 1. The molecular weight excluding hydrogens is 443 g/mol. The second-order valence-corrected chi connectivity index (χ2v) is 7.45. The van der Waals surface area contributed by atoms with Crippen LogP contribution in [0.3, 0.4) is 0 Å². The fraction of sp³-hybridized carbons (Fsp3) is 0.278. The van der Waals surface area contributed by atoms with E-state index in [1.807, 2.05) is 4.57 Å². The number of nitrogens with one attached hydrogen (secondary N) is 2. The molecule has 0 unspecified atom stereocenters. The molecule has 0 atom stereocenters. The Morgan fingerprint density at radius 2 is 2.10 bits per heavy atom. The SMILES string of the molecule is O=C(Nc1cc(Cl)c(Cl)c2c1c(-c1cn[nH]c1)c1n2CCN(C(=O)CO)C1)C(F)F. The van der Waals surface area contributed by atoms with Crippen LogP contribution in [-0.4, -0.2) is 56.2 Å². The summed E-state index contributed by atoms with van der Waals surface area (Å²) in [6, 6.07) is 1.32. The molecule has 3 aromatic rings. The molecule has 1 aliphatic rings. The van der Waals surface area contributed by atoms with E-state index in [0.29, 0.717) is 40.8 Å². The van der Waals surface area contributed by atoms with Crippen molar-refractivity contribution in [2.75, 3.05) is 18.5 Å². The van der Waals surface area contributed by atoms with Crippen molar-refractivity contribution in [1.29, 1.82) is 0 Å². The molecule has 0 aliphatic carbocycles. The molecule has 30 heavy (non-hydrogen) atoms. The highest BCUT2D eigenvalue weighted by molar-refractivity contribution is 6.46. The lowest BCUT2D eigenvalue weighted by molar-refractivity contribution is -0.135. The third-order valence-corrected chi connectivity index (χ3v) is 5.77. The number of aromatic amines is 1. The van der Waals surface area contributed by atoms with Gasteiger partial charge in [0, 0.05) is 41.5 Å². The van der Waals surface area contributed by atoms with E-state index in [1.54, 1.807) is 6.20 Å². The summed E-state index contributed by atoms with van der Waals surface area (Å²) in [7, 11) is 0. The number of aromatic nitrogens is 3. The average molecular weight is 458 g/mol. The molecule has 12 heteroatoms. The van der Waals surface area contributed by atoms with Crippen LogP contribution < -0.4 is 5.32 Å². The predicted molar refractivity (Wildman–Crippen MR) is 107 cm³/mol. The summed E-state index contributed by atoms with van der Waals surface area (Å²) in [5, 5.41) is 18.8. The first-order chi connectivity index (χ1) is 14.3. The Morgan fingerprint density at radius 1 is 1.33 bits per heavy atom. The number of alkyl halides is 2. The topological polar surface area (TPSA) is 103 Å². The van der Waals surface area contributed by atoms with Crippen LogP contribution in [0.2, 0.25) is 10.0 Å². The first-order valence-corrected chi connectivity index (χ1v) is 9.59. The summed E-state index contributed by atoms with van der Waals surface area (Å²) >= 11 is 12.7. The largest absolute Gasteiger partial charge is 0.387 e. The molecule has 0 saturated carbocycles. The molecule has 1 aromatic carbocycles. The van der Waals surface area contributed by atoms with Crippen LogP contribution in [0.15, 0.2) is 18.5 Å². The third kappa shape index (κ3) is 3.30. The van der Waals surface area contributed by atoms with Crippen molar-refractivity contribution in [3.8, 4) is 11.1 Å². The zero-order valence-electron chi connectivity index (χ0n) is 15.3. The molecule has 2 aromatic heterocycles. The first kappa shape index (κ1) is 20.6. The number of rotatable bonds is 4. The number of halogens is 4. The van der Waals surface area contributed by atoms with Crippen molar-refractivity contribution < 1.29 is 23.5 Å². The molecular formula is C18H15Cl2F2N5O3. The maximum absolute atomic E-state index is 12.9. The van der Waals surface area contributed by atoms with Crippen molar-refractivity contribution in [3.63, 3.8) is 0 Å². The van der Waals surface area contributed by atoms with Gasteiger partial charge in [-0.15, -0.1) is 0 Å². The van der Waals surface area contributed by atoms with Gasteiger partial charge in [-0.05, 0) is 6.07 Å². The minimum Gasteiger partial charge on any atom is -0.387 e. The van der Waals surface area contributed by atoms with Gasteiger partial charge in [-0.1, -0.05) is 23.2 Å². The highest BCUT2D eigenvalue weighted by atomic mass is 35.5. The Bertz CT molecular complexity index is 1150. The molecule has 1 aliphatic heterocycles. The van der Waals surface area contributed by atoms with Gasteiger partial charge in [0.25, 0.3) is 5.91 Å². The van der Waals surface area contributed by atoms with Crippen LogP contribution in [0.4, 0.5) is 14.5 Å². The summed E-state index contributed by atoms with van der Waals surface area (Å²) in [5.41, 5.74) is 2.35. The fourth-order valence-corrected chi connectivity index (χ4v) is 4.17. The van der Waals surface area contributed by atoms with Crippen molar-refractivity contribution in [1.82, 2.24) is 19.7 Å². The quantitative estimate of drug-likeness (QED) is 0.560. The molecule has 3 N–H and O–H groups in total. The number of nitrogens with zero attached hydrogens (tertiary/aromatic N) is 3. The summed E-state index contributed by atoms with van der Waals surface area (Å²) in [5.74, 6) is -1.92. The predicted octanol–water partition coefficient (Wildman–Crippen LogP) is 2.88. The highest BCUT2D eigenvalue weighted by Gasteiger charge is 2.31. The van der Waals surface area contributed by atoms with Crippen molar-refractivity contribution in [3.05, 3.63) is 34.2 Å². The number of carbonyl (C=O) groups is 2. The van der Waals surface area contributed by atoms with E-state index in [-0.39, 0.29) is 22.3 Å². The maximum Gasteiger partial charge on any atom is 0.315 e. The van der Waals surface area contributed by atoms with Crippen LogP contribution in [0.5, 0.6) is 0 Å².